The van der Waals surface area contributed by atoms with Crippen molar-refractivity contribution >= 4 is 17.0 Å². The highest BCUT2D eigenvalue weighted by Gasteiger charge is 2.58. The molecule has 2 saturated heterocycles. The van der Waals surface area contributed by atoms with Crippen LogP contribution in [-0.2, 0) is 29.8 Å². The van der Waals surface area contributed by atoms with E-state index in [0.29, 0.717) is 42.8 Å². The Hall–Kier alpha value is -4.46. The van der Waals surface area contributed by atoms with Gasteiger partial charge in [-0.2, -0.15) is 5.26 Å². The molecule has 3 aliphatic rings. The van der Waals surface area contributed by atoms with Crippen LogP contribution in [0.5, 0.6) is 11.6 Å². The van der Waals surface area contributed by atoms with Gasteiger partial charge in [-0.25, -0.2) is 14.8 Å². The summed E-state index contributed by atoms with van der Waals surface area (Å²) in [5.41, 5.74) is 4.49. The molecule has 3 fully saturated rings. The van der Waals surface area contributed by atoms with Gasteiger partial charge in [0.1, 0.15) is 18.2 Å². The summed E-state index contributed by atoms with van der Waals surface area (Å²) in [6.07, 6.45) is 3.24. The zero-order chi connectivity index (χ0) is 29.6. The topological polar surface area (TPSA) is 123 Å². The third-order valence-corrected chi connectivity index (χ3v) is 9.23. The maximum atomic E-state index is 11.6. The van der Waals surface area contributed by atoms with E-state index in [1.807, 2.05) is 18.2 Å². The van der Waals surface area contributed by atoms with Crippen molar-refractivity contribution in [2.75, 3.05) is 26.8 Å². The summed E-state index contributed by atoms with van der Waals surface area (Å²) in [4.78, 5) is 24.0. The number of aromatic carboxylic acids is 1. The Morgan fingerprint density at radius 1 is 1.21 bits per heavy atom. The van der Waals surface area contributed by atoms with Crippen molar-refractivity contribution in [2.45, 2.75) is 50.5 Å². The van der Waals surface area contributed by atoms with Gasteiger partial charge in [-0.05, 0) is 68.1 Å². The number of fused-ring (bicyclic) bond motifs is 2. The zero-order valence-corrected chi connectivity index (χ0v) is 24.0. The molecule has 2 aromatic carbocycles. The third-order valence-electron chi connectivity index (χ3n) is 9.23. The minimum atomic E-state index is -0.936. The fourth-order valence-electron chi connectivity index (χ4n) is 6.59. The lowest BCUT2D eigenvalue weighted by Crippen LogP contribution is -2.37. The zero-order valence-electron chi connectivity index (χ0n) is 24.0. The van der Waals surface area contributed by atoms with Crippen LogP contribution in [0.25, 0.3) is 11.0 Å². The molecule has 1 saturated carbocycles. The molecule has 1 N–H and O–H groups in total. The van der Waals surface area contributed by atoms with Crippen LogP contribution in [0, 0.1) is 17.2 Å². The Morgan fingerprint density at radius 2 is 2.09 bits per heavy atom. The van der Waals surface area contributed by atoms with Crippen molar-refractivity contribution in [3.05, 3.63) is 82.8 Å². The fourth-order valence-corrected chi connectivity index (χ4v) is 6.59. The van der Waals surface area contributed by atoms with Crippen molar-refractivity contribution in [1.82, 2.24) is 19.4 Å². The Balaban J connectivity index is 1.04. The Labute approximate surface area is 249 Å². The number of nitrogens with zero attached hydrogens (tertiary/aromatic N) is 5. The lowest BCUT2D eigenvalue weighted by Gasteiger charge is -2.32. The number of hydrogen-bond donors (Lipinski definition) is 1. The fraction of sp³-hybridized carbons (Fsp3) is 0.394. The number of likely N-dealkylation sites (tertiary alicyclic amines) is 1. The van der Waals surface area contributed by atoms with E-state index in [4.69, 9.17) is 29.4 Å². The molecule has 220 valence electrons. The highest BCUT2D eigenvalue weighted by atomic mass is 16.5. The largest absolute Gasteiger partial charge is 0.496 e. The van der Waals surface area contributed by atoms with E-state index < -0.39 is 5.97 Å². The first-order chi connectivity index (χ1) is 21.0. The lowest BCUT2D eigenvalue weighted by atomic mass is 9.91. The maximum absolute atomic E-state index is 11.6. The number of piperidine rings is 1. The van der Waals surface area contributed by atoms with Crippen molar-refractivity contribution in [1.29, 1.82) is 5.26 Å². The van der Waals surface area contributed by atoms with E-state index in [9.17, 15) is 9.90 Å². The average molecular weight is 580 g/mol. The second-order valence-electron chi connectivity index (χ2n) is 11.8. The number of ether oxygens (including phenoxy) is 3. The molecule has 10 heteroatoms. The van der Waals surface area contributed by atoms with E-state index in [0.717, 1.165) is 67.1 Å². The summed E-state index contributed by atoms with van der Waals surface area (Å²) in [7, 11) is 1.59. The molecule has 1 aliphatic carbocycles. The van der Waals surface area contributed by atoms with Gasteiger partial charge in [0, 0.05) is 30.2 Å². The molecule has 0 bridgehead atoms. The van der Waals surface area contributed by atoms with Gasteiger partial charge in [0.15, 0.2) is 0 Å². The summed E-state index contributed by atoms with van der Waals surface area (Å²) >= 11 is 0. The predicted octanol–water partition coefficient (Wildman–Crippen LogP) is 4.54. The molecule has 0 spiro atoms. The van der Waals surface area contributed by atoms with Crippen molar-refractivity contribution in [3.63, 3.8) is 0 Å². The SMILES string of the molecule is COc1cc(C#N)ccc1COc1cccc(C23CCN(Cc4nc5ccc(C(=O)O)cc5n4CC4CCO4)CC2C3)n1. The van der Waals surface area contributed by atoms with Gasteiger partial charge in [0.05, 0.1) is 60.2 Å². The van der Waals surface area contributed by atoms with Crippen LogP contribution in [-0.4, -0.2) is 63.4 Å². The number of methoxy groups -OCH3 is 1. The first-order valence-electron chi connectivity index (χ1n) is 14.7. The van der Waals surface area contributed by atoms with E-state index in [2.05, 4.69) is 21.6 Å². The van der Waals surface area contributed by atoms with Gasteiger partial charge in [0.2, 0.25) is 5.88 Å². The molecule has 10 nitrogen and oxygen atoms in total. The van der Waals surface area contributed by atoms with Gasteiger partial charge in [0.25, 0.3) is 0 Å². The number of hydrogen-bond acceptors (Lipinski definition) is 8. The number of pyridine rings is 1. The van der Waals surface area contributed by atoms with Crippen molar-refractivity contribution in [2.24, 2.45) is 5.92 Å². The maximum Gasteiger partial charge on any atom is 0.335 e. The molecule has 4 heterocycles. The number of aromatic nitrogens is 3. The van der Waals surface area contributed by atoms with Crippen LogP contribution in [0.4, 0.5) is 0 Å². The van der Waals surface area contributed by atoms with Crippen LogP contribution in [0.1, 0.15) is 52.3 Å². The molecular weight excluding hydrogens is 546 g/mol. The van der Waals surface area contributed by atoms with E-state index in [1.54, 1.807) is 37.4 Å². The quantitative estimate of drug-likeness (QED) is 0.288. The number of rotatable bonds is 10. The molecule has 0 radical (unpaired) electrons. The summed E-state index contributed by atoms with van der Waals surface area (Å²) in [5, 5.41) is 18.7. The Morgan fingerprint density at radius 3 is 2.84 bits per heavy atom. The highest BCUT2D eigenvalue weighted by Crippen LogP contribution is 2.59. The molecular formula is C33H33N5O5. The van der Waals surface area contributed by atoms with E-state index in [1.165, 1.54) is 0 Å². The van der Waals surface area contributed by atoms with E-state index in [-0.39, 0.29) is 17.1 Å². The third kappa shape index (κ3) is 5.19. The van der Waals surface area contributed by atoms with E-state index >= 15 is 0 Å². The predicted molar refractivity (Wildman–Crippen MR) is 157 cm³/mol. The first kappa shape index (κ1) is 27.4. The number of carboxylic acid groups (broad SMARTS) is 1. The summed E-state index contributed by atoms with van der Waals surface area (Å²) in [5.74, 6) is 1.73. The average Bonchev–Trinajstić information content (AvgIpc) is 3.65. The van der Waals surface area contributed by atoms with Crippen LogP contribution >= 0.6 is 0 Å². The summed E-state index contributed by atoms with van der Waals surface area (Å²) < 4.78 is 19.4. The van der Waals surface area contributed by atoms with Gasteiger partial charge >= 0.3 is 5.97 Å². The number of imidazole rings is 1. The molecule has 7 rings (SSSR count). The monoisotopic (exact) mass is 579 g/mol. The minimum absolute atomic E-state index is 0.0678. The van der Waals surface area contributed by atoms with Crippen molar-refractivity contribution in [3.8, 4) is 17.7 Å². The summed E-state index contributed by atoms with van der Waals surface area (Å²) in [6, 6.07) is 18.6. The first-order valence-corrected chi connectivity index (χ1v) is 14.7. The molecule has 0 amide bonds. The van der Waals surface area contributed by atoms with Crippen LogP contribution < -0.4 is 9.47 Å². The second-order valence-corrected chi connectivity index (χ2v) is 11.8. The molecule has 2 aromatic heterocycles. The summed E-state index contributed by atoms with van der Waals surface area (Å²) in [6.45, 7) is 4.34. The van der Waals surface area contributed by atoms with Crippen LogP contribution in [0.15, 0.2) is 54.6 Å². The molecule has 4 aromatic rings. The number of carbonyl (C=O) groups is 1. The van der Waals surface area contributed by atoms with Crippen LogP contribution in [0.3, 0.4) is 0 Å². The molecule has 3 atom stereocenters. The van der Waals surface area contributed by atoms with Gasteiger partial charge in [-0.15, -0.1) is 0 Å². The lowest BCUT2D eigenvalue weighted by molar-refractivity contribution is -0.0592. The Bertz CT molecular complexity index is 1740. The molecule has 3 unspecified atom stereocenters. The van der Waals surface area contributed by atoms with Gasteiger partial charge in [-0.1, -0.05) is 12.1 Å². The van der Waals surface area contributed by atoms with Gasteiger partial charge in [-0.3, -0.25) is 4.90 Å². The number of benzene rings is 2. The normalized spacial score (nSPS) is 22.8. The number of carboxylic acids is 1. The Kier molecular flexibility index (Phi) is 7.00. The van der Waals surface area contributed by atoms with Crippen LogP contribution in [0.2, 0.25) is 0 Å². The number of nitriles is 1. The standard InChI is InChI=1S/C33H33N5O5/c1-41-28-13-21(16-34)5-6-23(28)20-43-31-4-2-3-29(36-31)33-10-11-37(17-24(33)15-33)19-30-35-26-8-7-22(32(39)40)14-27(26)38(30)18-25-9-12-42-25/h2-8,13-14,24-25H,9-12,15,17-20H2,1H3,(H,39,40). The smallest absolute Gasteiger partial charge is 0.335 e. The molecule has 43 heavy (non-hydrogen) atoms. The minimum Gasteiger partial charge on any atom is -0.496 e. The highest BCUT2D eigenvalue weighted by molar-refractivity contribution is 5.92. The van der Waals surface area contributed by atoms with Gasteiger partial charge < -0.3 is 23.9 Å². The second kappa shape index (κ2) is 11.0. The molecule has 2 aliphatic heterocycles. The van der Waals surface area contributed by atoms with Crippen molar-refractivity contribution < 1.29 is 24.1 Å².